The van der Waals surface area contributed by atoms with Gasteiger partial charge in [-0.25, -0.2) is 4.98 Å². The van der Waals surface area contributed by atoms with Gasteiger partial charge in [0.25, 0.3) is 0 Å². The molecule has 2 nitrogen and oxygen atoms in total. The van der Waals surface area contributed by atoms with E-state index in [0.29, 0.717) is 6.54 Å². The summed E-state index contributed by atoms with van der Waals surface area (Å²) in [7, 11) is 0. The first-order valence-electron chi connectivity index (χ1n) is 4.08. The molecule has 0 saturated carbocycles. The van der Waals surface area contributed by atoms with Crippen LogP contribution in [0.2, 0.25) is 0 Å². The van der Waals surface area contributed by atoms with Gasteiger partial charge in [-0.2, -0.15) is 0 Å². The molecule has 4 heteroatoms. The van der Waals surface area contributed by atoms with E-state index in [-0.39, 0.29) is 0 Å². The van der Waals surface area contributed by atoms with Gasteiger partial charge in [-0.05, 0) is 18.0 Å². The molecule has 0 aliphatic rings. The second-order valence-corrected chi connectivity index (χ2v) is 4.45. The second-order valence-electron chi connectivity index (χ2n) is 2.64. The molecule has 0 aliphatic heterocycles. The van der Waals surface area contributed by atoms with E-state index in [0.717, 1.165) is 12.1 Å². The Labute approximate surface area is 85.1 Å². The second kappa shape index (κ2) is 4.00. The van der Waals surface area contributed by atoms with Gasteiger partial charge in [0.15, 0.2) is 0 Å². The van der Waals surface area contributed by atoms with Gasteiger partial charge in [0, 0.05) is 11.3 Å². The van der Waals surface area contributed by atoms with Gasteiger partial charge in [0.2, 0.25) is 0 Å². The molecule has 68 valence electrons. The van der Waals surface area contributed by atoms with Crippen molar-refractivity contribution in [2.45, 2.75) is 6.42 Å². The maximum atomic E-state index is 5.51. The summed E-state index contributed by atoms with van der Waals surface area (Å²) in [6.07, 6.45) is 0.872. The van der Waals surface area contributed by atoms with Gasteiger partial charge in [0.1, 0.15) is 0 Å². The highest BCUT2D eigenvalue weighted by molar-refractivity contribution is 7.20. The Balaban J connectivity index is 2.35. The van der Waals surface area contributed by atoms with Gasteiger partial charge >= 0.3 is 0 Å². The fraction of sp³-hybridized carbons (Fsp3) is 0.222. The maximum Gasteiger partial charge on any atom is 0.0801 e. The van der Waals surface area contributed by atoms with Crippen LogP contribution in [0.4, 0.5) is 0 Å². The van der Waals surface area contributed by atoms with E-state index in [1.165, 1.54) is 9.75 Å². The summed E-state index contributed by atoms with van der Waals surface area (Å²) in [5.41, 5.74) is 8.53. The van der Waals surface area contributed by atoms with Crippen molar-refractivity contribution in [1.82, 2.24) is 4.98 Å². The minimum absolute atomic E-state index is 0.669. The van der Waals surface area contributed by atoms with E-state index < -0.39 is 0 Å². The summed E-state index contributed by atoms with van der Waals surface area (Å²) in [5, 5.41) is 2.08. The van der Waals surface area contributed by atoms with Crippen LogP contribution in [0, 0.1) is 0 Å². The lowest BCUT2D eigenvalue weighted by molar-refractivity contribution is 0.937. The number of hydrogen-bond donors (Lipinski definition) is 1. The normalized spacial score (nSPS) is 10.5. The molecule has 0 atom stereocenters. The highest BCUT2D eigenvalue weighted by atomic mass is 32.1. The van der Waals surface area contributed by atoms with Crippen LogP contribution < -0.4 is 5.73 Å². The Hall–Kier alpha value is -0.710. The molecule has 0 amide bonds. The minimum atomic E-state index is 0.669. The smallest absolute Gasteiger partial charge is 0.0801 e. The maximum absolute atomic E-state index is 5.51. The van der Waals surface area contributed by atoms with Crippen molar-refractivity contribution in [3.8, 4) is 9.75 Å². The lowest BCUT2D eigenvalue weighted by Crippen LogP contribution is -2.03. The Bertz CT molecular complexity index is 365. The fourth-order valence-corrected chi connectivity index (χ4v) is 2.93. The quantitative estimate of drug-likeness (QED) is 0.844. The van der Waals surface area contributed by atoms with Crippen LogP contribution in [0.15, 0.2) is 23.0 Å². The molecular formula is C9H10N2S2. The van der Waals surface area contributed by atoms with Crippen LogP contribution in [-0.2, 0) is 6.42 Å². The summed E-state index contributed by atoms with van der Waals surface area (Å²) in [5.74, 6) is 0. The molecule has 2 N–H and O–H groups in total. The summed E-state index contributed by atoms with van der Waals surface area (Å²) >= 11 is 3.44. The third-order valence-electron chi connectivity index (χ3n) is 1.77. The zero-order chi connectivity index (χ0) is 9.10. The average molecular weight is 210 g/mol. The molecule has 2 rings (SSSR count). The molecule has 13 heavy (non-hydrogen) atoms. The SMILES string of the molecule is NCCc1ncsc1-c1cccs1. The number of thiophene rings is 1. The number of hydrogen-bond acceptors (Lipinski definition) is 4. The molecule has 2 aromatic rings. The summed E-state index contributed by atoms with van der Waals surface area (Å²) < 4.78 is 0. The van der Waals surface area contributed by atoms with E-state index in [4.69, 9.17) is 5.73 Å². The predicted molar refractivity (Wildman–Crippen MR) is 58.2 cm³/mol. The highest BCUT2D eigenvalue weighted by Gasteiger charge is 2.07. The number of aromatic nitrogens is 1. The predicted octanol–water partition coefficient (Wildman–Crippen LogP) is 2.37. The van der Waals surface area contributed by atoms with Crippen LogP contribution in [-0.4, -0.2) is 11.5 Å². The molecular weight excluding hydrogens is 200 g/mol. The monoisotopic (exact) mass is 210 g/mol. The van der Waals surface area contributed by atoms with Gasteiger partial charge in [-0.15, -0.1) is 22.7 Å². The summed E-state index contributed by atoms with van der Waals surface area (Å²) in [4.78, 5) is 6.88. The zero-order valence-electron chi connectivity index (χ0n) is 7.06. The Morgan fingerprint density at radius 3 is 3.00 bits per heavy atom. The number of nitrogens with two attached hydrogens (primary N) is 1. The first-order chi connectivity index (χ1) is 6.42. The average Bonchev–Trinajstić information content (AvgIpc) is 2.71. The number of thiazole rings is 1. The number of rotatable bonds is 3. The van der Waals surface area contributed by atoms with Crippen molar-refractivity contribution in [2.24, 2.45) is 5.73 Å². The van der Waals surface area contributed by atoms with E-state index >= 15 is 0 Å². The van der Waals surface area contributed by atoms with Crippen molar-refractivity contribution in [2.75, 3.05) is 6.54 Å². The van der Waals surface area contributed by atoms with Crippen LogP contribution >= 0.6 is 22.7 Å². The Kier molecular flexibility index (Phi) is 2.73. The van der Waals surface area contributed by atoms with E-state index in [2.05, 4.69) is 22.5 Å². The van der Waals surface area contributed by atoms with Crippen LogP contribution in [0.3, 0.4) is 0 Å². The number of nitrogens with zero attached hydrogens (tertiary/aromatic N) is 1. The molecule has 0 unspecified atom stereocenters. The van der Waals surface area contributed by atoms with Crippen molar-refractivity contribution in [3.05, 3.63) is 28.7 Å². The third kappa shape index (κ3) is 1.80. The molecule has 0 aliphatic carbocycles. The Morgan fingerprint density at radius 2 is 2.31 bits per heavy atom. The summed E-state index contributed by atoms with van der Waals surface area (Å²) in [6.45, 7) is 0.669. The zero-order valence-corrected chi connectivity index (χ0v) is 8.70. The highest BCUT2D eigenvalue weighted by Crippen LogP contribution is 2.31. The lowest BCUT2D eigenvalue weighted by atomic mass is 10.2. The van der Waals surface area contributed by atoms with Gasteiger partial charge in [-0.1, -0.05) is 6.07 Å². The van der Waals surface area contributed by atoms with Gasteiger partial charge < -0.3 is 5.73 Å². The molecule has 0 fully saturated rings. The molecule has 0 bridgehead atoms. The summed E-state index contributed by atoms with van der Waals surface area (Å²) in [6, 6.07) is 4.18. The van der Waals surface area contributed by atoms with Crippen molar-refractivity contribution >= 4 is 22.7 Å². The van der Waals surface area contributed by atoms with E-state index in [1.54, 1.807) is 22.7 Å². The first-order valence-corrected chi connectivity index (χ1v) is 5.84. The van der Waals surface area contributed by atoms with Crippen molar-refractivity contribution < 1.29 is 0 Å². The van der Waals surface area contributed by atoms with Crippen molar-refractivity contribution in [3.63, 3.8) is 0 Å². The molecule has 0 saturated heterocycles. The first kappa shape index (κ1) is 8.87. The van der Waals surface area contributed by atoms with Gasteiger partial charge in [0.05, 0.1) is 16.1 Å². The van der Waals surface area contributed by atoms with Crippen molar-refractivity contribution in [1.29, 1.82) is 0 Å². The van der Waals surface area contributed by atoms with Crippen LogP contribution in [0.25, 0.3) is 9.75 Å². The minimum Gasteiger partial charge on any atom is -0.330 e. The van der Waals surface area contributed by atoms with E-state index in [1.807, 2.05) is 5.51 Å². The fourth-order valence-electron chi connectivity index (χ4n) is 1.19. The van der Waals surface area contributed by atoms with Crippen LogP contribution in [0.1, 0.15) is 5.69 Å². The topological polar surface area (TPSA) is 38.9 Å². The molecule has 2 heterocycles. The lowest BCUT2D eigenvalue weighted by Gasteiger charge is -1.96. The standard InChI is InChI=1S/C9H10N2S2/c10-4-3-7-9(13-6-11-7)8-2-1-5-12-8/h1-2,5-6H,3-4,10H2. The molecule has 2 aromatic heterocycles. The van der Waals surface area contributed by atoms with E-state index in [9.17, 15) is 0 Å². The largest absolute Gasteiger partial charge is 0.330 e. The molecule has 0 aromatic carbocycles. The Morgan fingerprint density at radius 1 is 1.38 bits per heavy atom. The molecule has 0 spiro atoms. The van der Waals surface area contributed by atoms with Crippen LogP contribution in [0.5, 0.6) is 0 Å². The molecule has 0 radical (unpaired) electrons. The van der Waals surface area contributed by atoms with Gasteiger partial charge in [-0.3, -0.25) is 0 Å². The third-order valence-corrected chi connectivity index (χ3v) is 3.69.